The molecule has 0 radical (unpaired) electrons. The molecule has 6 rings (SSSR count). The molecular weight excluding hydrogens is 603 g/mol. The van der Waals surface area contributed by atoms with Crippen molar-refractivity contribution in [3.8, 4) is 44.8 Å². The average molecular weight is 627 g/mol. The number of hydrogen-bond donors (Lipinski definition) is 2. The lowest BCUT2D eigenvalue weighted by Gasteiger charge is -2.13. The van der Waals surface area contributed by atoms with Crippen molar-refractivity contribution in [1.82, 2.24) is 29.5 Å². The van der Waals surface area contributed by atoms with Gasteiger partial charge in [-0.05, 0) is 78.1 Å². The van der Waals surface area contributed by atoms with Gasteiger partial charge in [-0.2, -0.15) is 0 Å². The van der Waals surface area contributed by atoms with E-state index in [-0.39, 0.29) is 27.5 Å². The molecule has 0 aliphatic carbocycles. The van der Waals surface area contributed by atoms with Crippen LogP contribution in [0.4, 0.5) is 8.78 Å². The van der Waals surface area contributed by atoms with Gasteiger partial charge >= 0.3 is 0 Å². The summed E-state index contributed by atoms with van der Waals surface area (Å²) in [6, 6.07) is 18.8. The Morgan fingerprint density at radius 2 is 1.20 bits per heavy atom. The molecule has 12 heteroatoms. The van der Waals surface area contributed by atoms with E-state index in [1.54, 1.807) is 80.4 Å². The summed E-state index contributed by atoms with van der Waals surface area (Å²) in [4.78, 5) is 43.2. The Morgan fingerprint density at radius 3 is 1.73 bits per heavy atom. The van der Waals surface area contributed by atoms with Crippen LogP contribution in [0.3, 0.4) is 0 Å². The number of nitrogens with one attached hydrogen (secondary N) is 2. The third kappa shape index (κ3) is 6.61. The summed E-state index contributed by atoms with van der Waals surface area (Å²) in [7, 11) is 1.69. The van der Waals surface area contributed by atoms with Crippen molar-refractivity contribution in [2.24, 2.45) is 7.05 Å². The monoisotopic (exact) mass is 626 g/mol. The summed E-state index contributed by atoms with van der Waals surface area (Å²) in [5, 5.41) is 0.618. The maximum Gasteiger partial charge on any atom is 0.262 e. The highest BCUT2D eigenvalue weighted by atomic mass is 32.2. The van der Waals surface area contributed by atoms with Gasteiger partial charge in [0.15, 0.2) is 9.93 Å². The molecule has 44 heavy (non-hydrogen) atoms. The SMILES string of the molecule is CSc1nc(-c2ccncc2)c(-c2ccc(F)cc2)c(=O)n1C.O=c1[nH]c(=S)[nH]c(-c2ccncc2)c1-c1ccc(F)cc1. The number of nitrogens with zero attached hydrogens (tertiary/aromatic N) is 4. The topological polar surface area (TPSA) is 109 Å². The Bertz CT molecular complexity index is 2080. The zero-order valence-electron chi connectivity index (χ0n) is 23.4. The largest absolute Gasteiger partial charge is 0.331 e. The summed E-state index contributed by atoms with van der Waals surface area (Å²) in [6.07, 6.45) is 8.43. The number of benzene rings is 2. The van der Waals surface area contributed by atoms with Crippen LogP contribution in [0.5, 0.6) is 0 Å². The van der Waals surface area contributed by atoms with Gasteiger partial charge in [0.05, 0.1) is 22.5 Å². The Morgan fingerprint density at radius 1 is 0.705 bits per heavy atom. The van der Waals surface area contributed by atoms with Crippen molar-refractivity contribution in [3.63, 3.8) is 0 Å². The quantitative estimate of drug-likeness (QED) is 0.125. The molecule has 220 valence electrons. The molecule has 4 heterocycles. The molecular formula is C32H24F2N6O2S2. The zero-order chi connectivity index (χ0) is 31.2. The van der Waals surface area contributed by atoms with Gasteiger partial charge in [0, 0.05) is 43.0 Å². The highest BCUT2D eigenvalue weighted by Crippen LogP contribution is 2.29. The van der Waals surface area contributed by atoms with Crippen LogP contribution >= 0.6 is 24.0 Å². The fraction of sp³-hybridized carbons (Fsp3) is 0.0625. The molecule has 0 spiro atoms. The number of aromatic amines is 2. The number of rotatable bonds is 5. The maximum atomic E-state index is 13.2. The smallest absolute Gasteiger partial charge is 0.262 e. The highest BCUT2D eigenvalue weighted by molar-refractivity contribution is 7.98. The van der Waals surface area contributed by atoms with Gasteiger partial charge in [0.25, 0.3) is 11.1 Å². The van der Waals surface area contributed by atoms with Crippen LogP contribution in [-0.4, -0.2) is 35.7 Å². The first-order valence-corrected chi connectivity index (χ1v) is 14.7. The second kappa shape index (κ2) is 13.5. The van der Waals surface area contributed by atoms with Crippen molar-refractivity contribution in [1.29, 1.82) is 0 Å². The average Bonchev–Trinajstić information content (AvgIpc) is 3.04. The summed E-state index contributed by atoms with van der Waals surface area (Å²) in [5.74, 6) is -0.700. The predicted octanol–water partition coefficient (Wildman–Crippen LogP) is 6.67. The second-order valence-corrected chi connectivity index (χ2v) is 10.5. The lowest BCUT2D eigenvalue weighted by molar-refractivity contribution is 0.627. The van der Waals surface area contributed by atoms with Crippen molar-refractivity contribution in [2.45, 2.75) is 5.16 Å². The molecule has 0 aliphatic heterocycles. The summed E-state index contributed by atoms with van der Waals surface area (Å²) in [6.45, 7) is 0. The number of H-pyrrole nitrogens is 2. The molecule has 0 aliphatic rings. The molecule has 0 bridgehead atoms. The van der Waals surface area contributed by atoms with Crippen molar-refractivity contribution >= 4 is 24.0 Å². The molecule has 0 amide bonds. The van der Waals surface area contributed by atoms with E-state index in [2.05, 4.69) is 24.9 Å². The van der Waals surface area contributed by atoms with Crippen LogP contribution in [0, 0.1) is 16.4 Å². The van der Waals surface area contributed by atoms with E-state index in [1.165, 1.54) is 40.6 Å². The first-order valence-electron chi connectivity index (χ1n) is 13.1. The van der Waals surface area contributed by atoms with Gasteiger partial charge in [-0.3, -0.25) is 29.1 Å². The maximum absolute atomic E-state index is 13.2. The fourth-order valence-corrected chi connectivity index (χ4v) is 5.21. The fourth-order valence-electron chi connectivity index (χ4n) is 4.47. The number of thioether (sulfide) groups is 1. The lowest BCUT2D eigenvalue weighted by atomic mass is 10.0. The summed E-state index contributed by atoms with van der Waals surface area (Å²) in [5.41, 5.74) is 4.36. The van der Waals surface area contributed by atoms with Gasteiger partial charge in [-0.15, -0.1) is 0 Å². The van der Waals surface area contributed by atoms with E-state index < -0.39 is 0 Å². The number of hydrogen-bond acceptors (Lipinski definition) is 7. The van der Waals surface area contributed by atoms with Gasteiger partial charge < -0.3 is 4.98 Å². The lowest BCUT2D eigenvalue weighted by Crippen LogP contribution is -2.22. The highest BCUT2D eigenvalue weighted by Gasteiger charge is 2.18. The standard InChI is InChI=1S/C17H14FN3OS.C15H10FN3OS/c1-21-16(22)14(11-3-5-13(18)6-4-11)15(20-17(21)23-2)12-7-9-19-10-8-12;16-11-3-1-9(2-4-11)12-13(10-5-7-17-8-6-10)18-15(21)19-14(12)20/h3-10H,1-2H3;1-8H,(H2,18,19,20,21). The molecule has 0 atom stereocenters. The van der Waals surface area contributed by atoms with Crippen LogP contribution in [-0.2, 0) is 7.05 Å². The van der Waals surface area contributed by atoms with Gasteiger partial charge in [-0.1, -0.05) is 36.0 Å². The van der Waals surface area contributed by atoms with E-state index in [4.69, 9.17) is 12.2 Å². The van der Waals surface area contributed by atoms with E-state index >= 15 is 0 Å². The Labute approximate surface area is 259 Å². The van der Waals surface area contributed by atoms with E-state index in [0.29, 0.717) is 38.8 Å². The Hall–Kier alpha value is -5.07. The molecule has 0 saturated heterocycles. The van der Waals surface area contributed by atoms with E-state index in [9.17, 15) is 18.4 Å². The molecule has 6 aromatic rings. The number of pyridine rings is 2. The van der Waals surface area contributed by atoms with Gasteiger partial charge in [-0.25, -0.2) is 13.8 Å². The first-order chi connectivity index (χ1) is 21.3. The van der Waals surface area contributed by atoms with Crippen LogP contribution in [0.1, 0.15) is 0 Å². The van der Waals surface area contributed by atoms with Crippen molar-refractivity contribution in [2.75, 3.05) is 6.26 Å². The summed E-state index contributed by atoms with van der Waals surface area (Å²) >= 11 is 6.43. The Balaban J connectivity index is 0.000000175. The third-order valence-corrected chi connectivity index (χ3v) is 7.50. The van der Waals surface area contributed by atoms with Gasteiger partial charge in [0.2, 0.25) is 0 Å². The van der Waals surface area contributed by atoms with E-state index in [1.807, 2.05) is 6.26 Å². The minimum atomic E-state index is -0.357. The molecule has 0 unspecified atom stereocenters. The molecule has 0 saturated carbocycles. The first kappa shape index (κ1) is 30.4. The van der Waals surface area contributed by atoms with Crippen LogP contribution < -0.4 is 11.1 Å². The minimum absolute atomic E-state index is 0.164. The molecule has 0 fully saturated rings. The molecule has 4 aromatic heterocycles. The van der Waals surface area contributed by atoms with Crippen LogP contribution in [0.2, 0.25) is 0 Å². The third-order valence-electron chi connectivity index (χ3n) is 6.56. The molecule has 8 nitrogen and oxygen atoms in total. The van der Waals surface area contributed by atoms with Gasteiger partial charge in [0.1, 0.15) is 11.6 Å². The normalized spacial score (nSPS) is 10.6. The molecule has 2 aromatic carbocycles. The van der Waals surface area contributed by atoms with E-state index in [0.717, 1.165) is 11.1 Å². The second-order valence-electron chi connectivity index (χ2n) is 9.33. The van der Waals surface area contributed by atoms with Crippen molar-refractivity contribution in [3.05, 3.63) is 135 Å². The predicted molar refractivity (Wildman–Crippen MR) is 171 cm³/mol. The minimum Gasteiger partial charge on any atom is -0.331 e. The summed E-state index contributed by atoms with van der Waals surface area (Å²) < 4.78 is 28.0. The number of aromatic nitrogens is 6. The zero-order valence-corrected chi connectivity index (χ0v) is 25.0. The van der Waals surface area contributed by atoms with Crippen LogP contribution in [0.15, 0.2) is 112 Å². The molecule has 2 N–H and O–H groups in total. The van der Waals surface area contributed by atoms with Crippen LogP contribution in [0.25, 0.3) is 44.8 Å². The van der Waals surface area contributed by atoms with Crippen molar-refractivity contribution < 1.29 is 8.78 Å². The Kier molecular flexibility index (Phi) is 9.32. The number of halogens is 2.